The molecule has 2 N–H and O–H groups in total. The van der Waals surface area contributed by atoms with Gasteiger partial charge in [-0.15, -0.1) is 0 Å². The number of hydrogen-bond donors (Lipinski definition) is 1. The molecule has 8 heteroatoms. The second kappa shape index (κ2) is 8.44. The number of nitrogens with zero attached hydrogens (tertiary/aromatic N) is 4. The number of rotatable bonds is 5. The maximum absolute atomic E-state index is 12.1. The van der Waals surface area contributed by atoms with Crippen molar-refractivity contribution in [3.05, 3.63) is 17.6 Å². The summed E-state index contributed by atoms with van der Waals surface area (Å²) in [6, 6.07) is 2.09. The Hall–Kier alpha value is -2.22. The maximum Gasteiger partial charge on any atom is 0.223 e. The third-order valence-corrected chi connectivity index (χ3v) is 5.03. The minimum atomic E-state index is -0.430. The van der Waals surface area contributed by atoms with Crippen LogP contribution >= 0.6 is 0 Å². The van der Waals surface area contributed by atoms with Crippen LogP contribution in [-0.2, 0) is 14.3 Å². The summed E-state index contributed by atoms with van der Waals surface area (Å²) in [5, 5.41) is 0. The minimum absolute atomic E-state index is 0.00937. The minimum Gasteiger partial charge on any atom is -0.378 e. The van der Waals surface area contributed by atoms with E-state index in [4.69, 9.17) is 10.5 Å². The molecule has 0 aromatic carbocycles. The first-order chi connectivity index (χ1) is 12.5. The summed E-state index contributed by atoms with van der Waals surface area (Å²) < 4.78 is 5.42. The molecule has 8 nitrogen and oxygen atoms in total. The first-order valence-electron chi connectivity index (χ1n) is 9.27. The lowest BCUT2D eigenvalue weighted by atomic mass is 9.93. The summed E-state index contributed by atoms with van der Waals surface area (Å²) in [4.78, 5) is 36.3. The van der Waals surface area contributed by atoms with Crippen molar-refractivity contribution in [1.82, 2.24) is 14.9 Å². The van der Waals surface area contributed by atoms with Gasteiger partial charge in [-0.2, -0.15) is 0 Å². The van der Waals surface area contributed by atoms with E-state index in [9.17, 15) is 9.59 Å². The number of carbonyl (C=O) groups excluding carboxylic acids is 2. The lowest BCUT2D eigenvalue weighted by Gasteiger charge is -2.33. The molecule has 2 amide bonds. The summed E-state index contributed by atoms with van der Waals surface area (Å²) in [7, 11) is 0. The average molecular weight is 361 g/mol. The highest BCUT2D eigenvalue weighted by Gasteiger charge is 2.26. The second-order valence-electron chi connectivity index (χ2n) is 6.92. The summed E-state index contributed by atoms with van der Waals surface area (Å²) >= 11 is 0. The normalized spacial score (nSPS) is 18.8. The summed E-state index contributed by atoms with van der Waals surface area (Å²) in [6.45, 7) is 6.46. The smallest absolute Gasteiger partial charge is 0.223 e. The fourth-order valence-electron chi connectivity index (χ4n) is 3.55. The fourth-order valence-corrected chi connectivity index (χ4v) is 3.55. The number of aromatic nitrogens is 2. The highest BCUT2D eigenvalue weighted by atomic mass is 16.5. The molecule has 0 bridgehead atoms. The highest BCUT2D eigenvalue weighted by Crippen LogP contribution is 2.29. The van der Waals surface area contributed by atoms with Gasteiger partial charge in [0.15, 0.2) is 0 Å². The Morgan fingerprint density at radius 2 is 1.85 bits per heavy atom. The Morgan fingerprint density at radius 1 is 1.15 bits per heavy atom. The van der Waals surface area contributed by atoms with Gasteiger partial charge in [-0.1, -0.05) is 0 Å². The molecule has 3 rings (SSSR count). The molecule has 2 fully saturated rings. The number of ether oxygens (including phenoxy) is 1. The number of morpholine rings is 1. The van der Waals surface area contributed by atoms with Crippen molar-refractivity contribution in [2.24, 2.45) is 5.73 Å². The number of primary amides is 1. The van der Waals surface area contributed by atoms with Gasteiger partial charge in [0, 0.05) is 56.7 Å². The van der Waals surface area contributed by atoms with Crippen LogP contribution in [0.3, 0.4) is 0 Å². The van der Waals surface area contributed by atoms with E-state index in [1.165, 1.54) is 0 Å². The Morgan fingerprint density at radius 3 is 2.50 bits per heavy atom. The molecule has 1 aromatic rings. The lowest BCUT2D eigenvalue weighted by Crippen LogP contribution is -2.39. The molecule has 3 heterocycles. The predicted octanol–water partition coefficient (Wildman–Crippen LogP) is 0.593. The summed E-state index contributed by atoms with van der Waals surface area (Å²) in [5.74, 6) is 1.66. The molecule has 2 saturated heterocycles. The van der Waals surface area contributed by atoms with Gasteiger partial charge in [0.05, 0.1) is 13.2 Å². The van der Waals surface area contributed by atoms with E-state index < -0.39 is 5.91 Å². The van der Waals surface area contributed by atoms with E-state index in [1.807, 2.05) is 11.8 Å². The topological polar surface area (TPSA) is 102 Å². The number of likely N-dealkylation sites (tertiary alicyclic amines) is 1. The van der Waals surface area contributed by atoms with E-state index in [1.54, 1.807) is 0 Å². The molecular weight excluding hydrogens is 334 g/mol. The SMILES string of the molecule is Cc1nc(C2CCN(C(=O)CCC(N)=O)CC2)cc(N2CCOCC2)n1. The van der Waals surface area contributed by atoms with E-state index in [0.29, 0.717) is 19.0 Å². The van der Waals surface area contributed by atoms with Gasteiger partial charge in [-0.05, 0) is 19.8 Å². The van der Waals surface area contributed by atoms with Crippen LogP contribution in [0.15, 0.2) is 6.07 Å². The van der Waals surface area contributed by atoms with Crippen molar-refractivity contribution in [2.45, 2.75) is 38.5 Å². The van der Waals surface area contributed by atoms with Crippen LogP contribution in [0.4, 0.5) is 5.82 Å². The van der Waals surface area contributed by atoms with Crippen molar-refractivity contribution in [3.63, 3.8) is 0 Å². The molecule has 0 aliphatic carbocycles. The summed E-state index contributed by atoms with van der Waals surface area (Å²) in [6.07, 6.45) is 2.07. The van der Waals surface area contributed by atoms with Crippen molar-refractivity contribution in [3.8, 4) is 0 Å². The Bertz CT molecular complexity index is 652. The van der Waals surface area contributed by atoms with Crippen molar-refractivity contribution in [2.75, 3.05) is 44.3 Å². The van der Waals surface area contributed by atoms with Crippen LogP contribution in [0, 0.1) is 6.92 Å². The first kappa shape index (κ1) is 18.6. The van der Waals surface area contributed by atoms with Crippen LogP contribution in [-0.4, -0.2) is 66.1 Å². The number of carbonyl (C=O) groups is 2. The number of nitrogens with two attached hydrogens (primary N) is 1. The van der Waals surface area contributed by atoms with Crippen LogP contribution in [0.1, 0.15) is 43.1 Å². The van der Waals surface area contributed by atoms with Crippen molar-refractivity contribution in [1.29, 1.82) is 0 Å². The highest BCUT2D eigenvalue weighted by molar-refractivity contribution is 5.82. The molecule has 0 spiro atoms. The number of anilines is 1. The lowest BCUT2D eigenvalue weighted by molar-refractivity contribution is -0.134. The van der Waals surface area contributed by atoms with Gasteiger partial charge in [0.2, 0.25) is 11.8 Å². The molecular formula is C18H27N5O3. The maximum atomic E-state index is 12.1. The van der Waals surface area contributed by atoms with Gasteiger partial charge < -0.3 is 20.3 Å². The molecule has 2 aliphatic heterocycles. The monoisotopic (exact) mass is 361 g/mol. The van der Waals surface area contributed by atoms with Crippen LogP contribution in [0.2, 0.25) is 0 Å². The van der Waals surface area contributed by atoms with Gasteiger partial charge in [0.25, 0.3) is 0 Å². The predicted molar refractivity (Wildman–Crippen MR) is 96.8 cm³/mol. The molecule has 0 saturated carbocycles. The number of amides is 2. The molecule has 142 valence electrons. The van der Waals surface area contributed by atoms with Crippen LogP contribution < -0.4 is 10.6 Å². The quantitative estimate of drug-likeness (QED) is 0.824. The molecule has 2 aliphatic rings. The zero-order valence-corrected chi connectivity index (χ0v) is 15.3. The number of piperidine rings is 1. The number of aryl methyl sites for hydroxylation is 1. The van der Waals surface area contributed by atoms with Crippen LogP contribution in [0.5, 0.6) is 0 Å². The van der Waals surface area contributed by atoms with E-state index in [0.717, 1.165) is 56.5 Å². The zero-order valence-electron chi connectivity index (χ0n) is 15.3. The van der Waals surface area contributed by atoms with E-state index in [2.05, 4.69) is 20.9 Å². The van der Waals surface area contributed by atoms with Crippen molar-refractivity contribution >= 4 is 17.6 Å². The average Bonchev–Trinajstić information content (AvgIpc) is 2.66. The van der Waals surface area contributed by atoms with Crippen molar-refractivity contribution < 1.29 is 14.3 Å². The first-order valence-corrected chi connectivity index (χ1v) is 9.27. The second-order valence-corrected chi connectivity index (χ2v) is 6.92. The molecule has 26 heavy (non-hydrogen) atoms. The molecule has 1 aromatic heterocycles. The Balaban J connectivity index is 1.61. The third-order valence-electron chi connectivity index (χ3n) is 5.03. The molecule has 0 unspecified atom stereocenters. The van der Waals surface area contributed by atoms with Gasteiger partial charge in [-0.25, -0.2) is 9.97 Å². The Labute approximate surface area is 153 Å². The van der Waals surface area contributed by atoms with E-state index in [-0.39, 0.29) is 18.7 Å². The number of hydrogen-bond acceptors (Lipinski definition) is 6. The summed E-state index contributed by atoms with van der Waals surface area (Å²) in [5.41, 5.74) is 6.18. The van der Waals surface area contributed by atoms with Gasteiger partial charge in [-0.3, -0.25) is 9.59 Å². The largest absolute Gasteiger partial charge is 0.378 e. The standard InChI is InChI=1S/C18H27N5O3/c1-13-20-15(12-17(21-13)22-8-10-26-11-9-22)14-4-6-23(7-5-14)18(25)3-2-16(19)24/h12,14H,2-11H2,1H3,(H2,19,24). The van der Waals surface area contributed by atoms with Gasteiger partial charge in [0.1, 0.15) is 11.6 Å². The molecule has 0 radical (unpaired) electrons. The Kier molecular flexibility index (Phi) is 6.03. The van der Waals surface area contributed by atoms with Gasteiger partial charge >= 0.3 is 0 Å². The van der Waals surface area contributed by atoms with E-state index >= 15 is 0 Å². The fraction of sp³-hybridized carbons (Fsp3) is 0.667. The molecule has 0 atom stereocenters. The third kappa shape index (κ3) is 4.69. The zero-order chi connectivity index (χ0) is 18.5. The van der Waals surface area contributed by atoms with Crippen LogP contribution in [0.25, 0.3) is 0 Å².